The summed E-state index contributed by atoms with van der Waals surface area (Å²) >= 11 is 0. The lowest BCUT2D eigenvalue weighted by molar-refractivity contribution is -0.117. The Morgan fingerprint density at radius 3 is 2.56 bits per heavy atom. The van der Waals surface area contributed by atoms with E-state index in [0.717, 1.165) is 55.4 Å². The van der Waals surface area contributed by atoms with E-state index in [4.69, 9.17) is 0 Å². The second kappa shape index (κ2) is 8.48. The summed E-state index contributed by atoms with van der Waals surface area (Å²) in [4.78, 5) is 25.8. The van der Waals surface area contributed by atoms with E-state index in [1.165, 1.54) is 11.1 Å². The van der Waals surface area contributed by atoms with E-state index >= 15 is 0 Å². The number of anilines is 2. The molecule has 2 aromatic rings. The molecule has 6 heteroatoms. The van der Waals surface area contributed by atoms with Crippen LogP contribution in [-0.2, 0) is 11.2 Å². The van der Waals surface area contributed by atoms with Gasteiger partial charge in [0.15, 0.2) is 0 Å². The maximum atomic E-state index is 12.5. The van der Waals surface area contributed by atoms with Crippen molar-refractivity contribution in [1.29, 1.82) is 0 Å². The minimum Gasteiger partial charge on any atom is -0.354 e. The van der Waals surface area contributed by atoms with E-state index in [-0.39, 0.29) is 5.91 Å². The van der Waals surface area contributed by atoms with Crippen molar-refractivity contribution in [1.82, 2.24) is 14.9 Å². The molecule has 0 atom stereocenters. The van der Waals surface area contributed by atoms with E-state index in [1.807, 2.05) is 26.0 Å². The fourth-order valence-electron chi connectivity index (χ4n) is 3.57. The first-order valence-electron chi connectivity index (χ1n) is 9.63. The molecule has 27 heavy (non-hydrogen) atoms. The fraction of sp³-hybridized carbons (Fsp3) is 0.476. The number of hydrogen-bond acceptors (Lipinski definition) is 5. The van der Waals surface area contributed by atoms with Crippen LogP contribution in [0.1, 0.15) is 29.3 Å². The van der Waals surface area contributed by atoms with Crippen LogP contribution in [0.2, 0.25) is 0 Å². The molecule has 2 heterocycles. The van der Waals surface area contributed by atoms with Crippen molar-refractivity contribution < 1.29 is 4.79 Å². The lowest BCUT2D eigenvalue weighted by Gasteiger charge is -2.36. The molecule has 3 rings (SSSR count). The SMILES string of the molecule is CCc1c(C)ncnc1N1CCN(CC(=O)Nc2cccc(C)c2C)CC1. The van der Waals surface area contributed by atoms with Gasteiger partial charge in [0.25, 0.3) is 0 Å². The topological polar surface area (TPSA) is 61.4 Å². The first-order chi connectivity index (χ1) is 13.0. The van der Waals surface area contributed by atoms with Crippen molar-refractivity contribution in [2.75, 3.05) is 42.9 Å². The van der Waals surface area contributed by atoms with Gasteiger partial charge in [0, 0.05) is 43.1 Å². The van der Waals surface area contributed by atoms with Crippen LogP contribution in [-0.4, -0.2) is 53.5 Å². The van der Waals surface area contributed by atoms with Gasteiger partial charge in [-0.25, -0.2) is 9.97 Å². The van der Waals surface area contributed by atoms with E-state index in [9.17, 15) is 4.79 Å². The molecule has 1 aliphatic rings. The molecule has 1 N–H and O–H groups in total. The molecule has 0 spiro atoms. The van der Waals surface area contributed by atoms with E-state index in [0.29, 0.717) is 6.54 Å². The summed E-state index contributed by atoms with van der Waals surface area (Å²) in [7, 11) is 0. The number of nitrogens with zero attached hydrogens (tertiary/aromatic N) is 4. The molecule has 0 radical (unpaired) electrons. The lowest BCUT2D eigenvalue weighted by Crippen LogP contribution is -2.49. The average Bonchev–Trinajstić information content (AvgIpc) is 2.66. The second-order valence-electron chi connectivity index (χ2n) is 7.17. The van der Waals surface area contributed by atoms with Crippen LogP contribution in [0.5, 0.6) is 0 Å². The highest BCUT2D eigenvalue weighted by molar-refractivity contribution is 5.93. The quantitative estimate of drug-likeness (QED) is 0.880. The van der Waals surface area contributed by atoms with Crippen LogP contribution in [0, 0.1) is 20.8 Å². The smallest absolute Gasteiger partial charge is 0.238 e. The van der Waals surface area contributed by atoms with Gasteiger partial charge in [-0.1, -0.05) is 19.1 Å². The van der Waals surface area contributed by atoms with Crippen molar-refractivity contribution >= 4 is 17.4 Å². The Balaban J connectivity index is 1.56. The van der Waals surface area contributed by atoms with Crippen LogP contribution in [0.4, 0.5) is 11.5 Å². The highest BCUT2D eigenvalue weighted by Crippen LogP contribution is 2.22. The van der Waals surface area contributed by atoms with Gasteiger partial charge in [0.05, 0.1) is 6.54 Å². The third kappa shape index (κ3) is 4.45. The van der Waals surface area contributed by atoms with Crippen LogP contribution in [0.25, 0.3) is 0 Å². The summed E-state index contributed by atoms with van der Waals surface area (Å²) < 4.78 is 0. The number of nitrogens with one attached hydrogen (secondary N) is 1. The van der Waals surface area contributed by atoms with Gasteiger partial charge in [0.2, 0.25) is 5.91 Å². The monoisotopic (exact) mass is 367 g/mol. The van der Waals surface area contributed by atoms with Gasteiger partial charge < -0.3 is 10.2 Å². The number of carbonyl (C=O) groups is 1. The van der Waals surface area contributed by atoms with Crippen molar-refractivity contribution in [2.45, 2.75) is 34.1 Å². The molecule has 0 saturated carbocycles. The van der Waals surface area contributed by atoms with Gasteiger partial charge in [-0.2, -0.15) is 0 Å². The summed E-state index contributed by atoms with van der Waals surface area (Å²) in [5.41, 5.74) is 5.49. The molecular formula is C21H29N5O. The van der Waals surface area contributed by atoms with Crippen molar-refractivity contribution in [3.05, 3.63) is 46.9 Å². The molecule has 1 amide bonds. The molecule has 1 aromatic heterocycles. The highest BCUT2D eigenvalue weighted by atomic mass is 16.2. The summed E-state index contributed by atoms with van der Waals surface area (Å²) in [6.07, 6.45) is 2.58. The van der Waals surface area contributed by atoms with Crippen molar-refractivity contribution in [3.63, 3.8) is 0 Å². The number of benzene rings is 1. The molecule has 0 unspecified atom stereocenters. The minimum absolute atomic E-state index is 0.0456. The zero-order chi connectivity index (χ0) is 19.4. The number of carbonyl (C=O) groups excluding carboxylic acids is 1. The van der Waals surface area contributed by atoms with E-state index in [1.54, 1.807) is 6.33 Å². The maximum Gasteiger partial charge on any atom is 0.238 e. The van der Waals surface area contributed by atoms with Gasteiger partial charge in [-0.05, 0) is 44.4 Å². The first-order valence-corrected chi connectivity index (χ1v) is 9.63. The second-order valence-corrected chi connectivity index (χ2v) is 7.17. The lowest BCUT2D eigenvalue weighted by atomic mass is 10.1. The van der Waals surface area contributed by atoms with Gasteiger partial charge in [-0.3, -0.25) is 9.69 Å². The molecule has 0 aliphatic carbocycles. The Kier molecular flexibility index (Phi) is 6.06. The standard InChI is InChI=1S/C21H29N5O/c1-5-18-17(4)22-14-23-21(18)26-11-9-25(10-12-26)13-20(27)24-19-8-6-7-15(2)16(19)3/h6-8,14H,5,9-13H2,1-4H3,(H,24,27). The third-order valence-corrected chi connectivity index (χ3v) is 5.41. The van der Waals surface area contributed by atoms with Crippen LogP contribution in [0.3, 0.4) is 0 Å². The number of piperazine rings is 1. The Hall–Kier alpha value is -2.47. The fourth-order valence-corrected chi connectivity index (χ4v) is 3.57. The van der Waals surface area contributed by atoms with Crippen LogP contribution in [0.15, 0.2) is 24.5 Å². The number of rotatable bonds is 5. The number of aryl methyl sites for hydroxylation is 2. The number of amides is 1. The Labute approximate surface area is 161 Å². The predicted molar refractivity (Wildman–Crippen MR) is 109 cm³/mol. The van der Waals surface area contributed by atoms with Gasteiger partial charge in [-0.15, -0.1) is 0 Å². The summed E-state index contributed by atoms with van der Waals surface area (Å²) in [5, 5.41) is 3.05. The normalized spacial score (nSPS) is 15.0. The molecule has 1 saturated heterocycles. The Bertz CT molecular complexity index is 812. The summed E-state index contributed by atoms with van der Waals surface area (Å²) in [6.45, 7) is 12.2. The van der Waals surface area contributed by atoms with Crippen molar-refractivity contribution in [3.8, 4) is 0 Å². The average molecular weight is 367 g/mol. The molecule has 1 aromatic carbocycles. The van der Waals surface area contributed by atoms with Gasteiger partial charge in [0.1, 0.15) is 12.1 Å². The molecule has 6 nitrogen and oxygen atoms in total. The Morgan fingerprint density at radius 1 is 1.11 bits per heavy atom. The summed E-state index contributed by atoms with van der Waals surface area (Å²) in [6, 6.07) is 6.00. The number of aromatic nitrogens is 2. The van der Waals surface area contributed by atoms with E-state index < -0.39 is 0 Å². The zero-order valence-corrected chi connectivity index (χ0v) is 16.7. The molecule has 1 fully saturated rings. The first kappa shape index (κ1) is 19.3. The molecule has 1 aliphatic heterocycles. The van der Waals surface area contributed by atoms with Crippen LogP contribution >= 0.6 is 0 Å². The summed E-state index contributed by atoms with van der Waals surface area (Å²) in [5.74, 6) is 1.09. The zero-order valence-electron chi connectivity index (χ0n) is 16.7. The third-order valence-electron chi connectivity index (χ3n) is 5.41. The highest BCUT2D eigenvalue weighted by Gasteiger charge is 2.22. The minimum atomic E-state index is 0.0456. The molecule has 0 bridgehead atoms. The van der Waals surface area contributed by atoms with Gasteiger partial charge >= 0.3 is 0 Å². The van der Waals surface area contributed by atoms with Crippen LogP contribution < -0.4 is 10.2 Å². The van der Waals surface area contributed by atoms with E-state index in [2.05, 4.69) is 45.0 Å². The molecule has 144 valence electrons. The maximum absolute atomic E-state index is 12.5. The molecular weight excluding hydrogens is 338 g/mol. The Morgan fingerprint density at radius 2 is 1.85 bits per heavy atom. The van der Waals surface area contributed by atoms with Crippen molar-refractivity contribution in [2.24, 2.45) is 0 Å². The predicted octanol–water partition coefficient (Wildman–Crippen LogP) is 2.72. The number of hydrogen-bond donors (Lipinski definition) is 1. The largest absolute Gasteiger partial charge is 0.354 e.